The number of nitrogens with one attached hydrogen (secondary N) is 1. The quantitative estimate of drug-likeness (QED) is 0.863. The third-order valence-electron chi connectivity index (χ3n) is 5.84. The number of likely N-dealkylation sites (N-methyl/N-ethyl adjacent to an activating group) is 2. The Morgan fingerprint density at radius 3 is 2.48 bits per heavy atom. The number of rotatable bonds is 4. The summed E-state index contributed by atoms with van der Waals surface area (Å²) in [5, 5.41) is 3.53. The fraction of sp³-hybridized carbons (Fsp3) is 1.00. The molecule has 21 heavy (non-hydrogen) atoms. The second-order valence-corrected chi connectivity index (χ2v) is 7.26. The van der Waals surface area contributed by atoms with E-state index in [0.29, 0.717) is 12.1 Å². The molecule has 3 aliphatic rings. The lowest BCUT2D eigenvalue weighted by atomic mass is 9.83. The van der Waals surface area contributed by atoms with Crippen LogP contribution >= 0.6 is 0 Å². The van der Waals surface area contributed by atoms with Crippen LogP contribution in [-0.2, 0) is 9.47 Å². The van der Waals surface area contributed by atoms with Gasteiger partial charge in [-0.3, -0.25) is 0 Å². The molecule has 4 nitrogen and oxygen atoms in total. The van der Waals surface area contributed by atoms with Crippen LogP contribution < -0.4 is 5.32 Å². The van der Waals surface area contributed by atoms with Crippen LogP contribution in [0.15, 0.2) is 0 Å². The molecule has 2 atom stereocenters. The summed E-state index contributed by atoms with van der Waals surface area (Å²) < 4.78 is 11.9. The molecule has 2 saturated carbocycles. The summed E-state index contributed by atoms with van der Waals surface area (Å²) in [5.74, 6) is 0.614. The van der Waals surface area contributed by atoms with Crippen LogP contribution in [0.5, 0.6) is 0 Å². The van der Waals surface area contributed by atoms with Gasteiger partial charge in [0.15, 0.2) is 5.79 Å². The molecule has 0 amide bonds. The molecule has 1 heterocycles. The highest BCUT2D eigenvalue weighted by Crippen LogP contribution is 2.38. The zero-order valence-corrected chi connectivity index (χ0v) is 13.8. The Bertz CT molecular complexity index is 325. The lowest BCUT2D eigenvalue weighted by molar-refractivity contribution is -0.192. The minimum Gasteiger partial charge on any atom is -0.347 e. The van der Waals surface area contributed by atoms with Crippen LogP contribution in [0.1, 0.15) is 51.4 Å². The summed E-state index contributed by atoms with van der Waals surface area (Å²) >= 11 is 0. The zero-order valence-electron chi connectivity index (χ0n) is 13.8. The van der Waals surface area contributed by atoms with Gasteiger partial charge in [0, 0.05) is 31.5 Å². The predicted molar refractivity (Wildman–Crippen MR) is 84.3 cm³/mol. The Kier molecular flexibility index (Phi) is 5.20. The molecule has 0 aromatic heterocycles. The molecule has 0 aromatic rings. The van der Waals surface area contributed by atoms with E-state index >= 15 is 0 Å². The minimum atomic E-state index is -0.279. The van der Waals surface area contributed by atoms with Crippen molar-refractivity contribution < 1.29 is 9.47 Å². The van der Waals surface area contributed by atoms with Gasteiger partial charge in [0.1, 0.15) is 0 Å². The molecule has 3 fully saturated rings. The van der Waals surface area contributed by atoms with Gasteiger partial charge < -0.3 is 19.7 Å². The highest BCUT2D eigenvalue weighted by Gasteiger charge is 2.46. The van der Waals surface area contributed by atoms with Gasteiger partial charge in [-0.05, 0) is 39.3 Å². The topological polar surface area (TPSA) is 33.7 Å². The molecule has 122 valence electrons. The molecule has 2 aliphatic carbocycles. The Morgan fingerprint density at radius 1 is 1.10 bits per heavy atom. The van der Waals surface area contributed by atoms with Crippen molar-refractivity contribution in [1.29, 1.82) is 0 Å². The van der Waals surface area contributed by atoms with Crippen molar-refractivity contribution in [2.75, 3.05) is 33.9 Å². The molecular weight excluding hydrogens is 264 g/mol. The van der Waals surface area contributed by atoms with Gasteiger partial charge in [0.05, 0.1) is 13.2 Å². The van der Waals surface area contributed by atoms with Gasteiger partial charge in [-0.2, -0.15) is 0 Å². The molecule has 1 N–H and O–H groups in total. The largest absolute Gasteiger partial charge is 0.347 e. The second kappa shape index (κ2) is 6.95. The molecule has 2 unspecified atom stereocenters. The molecule has 3 rings (SSSR count). The van der Waals surface area contributed by atoms with E-state index in [1.54, 1.807) is 0 Å². The van der Waals surface area contributed by atoms with Crippen LogP contribution in [0.2, 0.25) is 0 Å². The fourth-order valence-electron chi connectivity index (χ4n) is 4.60. The van der Waals surface area contributed by atoms with E-state index in [2.05, 4.69) is 24.3 Å². The van der Waals surface area contributed by atoms with Gasteiger partial charge in [-0.25, -0.2) is 0 Å². The lowest BCUT2D eigenvalue weighted by Crippen LogP contribution is -2.56. The third-order valence-corrected chi connectivity index (χ3v) is 5.84. The van der Waals surface area contributed by atoms with Crippen LogP contribution in [-0.4, -0.2) is 56.6 Å². The fourth-order valence-corrected chi connectivity index (χ4v) is 4.60. The Labute approximate surface area is 129 Å². The van der Waals surface area contributed by atoms with E-state index in [1.807, 2.05) is 0 Å². The van der Waals surface area contributed by atoms with Gasteiger partial charge in [-0.15, -0.1) is 0 Å². The summed E-state index contributed by atoms with van der Waals surface area (Å²) in [7, 11) is 4.40. The van der Waals surface area contributed by atoms with Crippen LogP contribution in [0.3, 0.4) is 0 Å². The molecule has 0 aromatic carbocycles. The van der Waals surface area contributed by atoms with E-state index in [1.165, 1.54) is 38.6 Å². The van der Waals surface area contributed by atoms with E-state index < -0.39 is 0 Å². The van der Waals surface area contributed by atoms with Crippen molar-refractivity contribution in [2.45, 2.75) is 69.2 Å². The molecule has 0 bridgehead atoms. The standard InChI is InChI=1S/C17H32N2O2/c1-18-15-8-9-17(20-10-11-21-17)12-16(15)19(2)13-14-6-4-3-5-7-14/h14-16,18H,3-13H2,1-2H3. The number of hydrogen-bond acceptors (Lipinski definition) is 4. The first-order valence-electron chi connectivity index (χ1n) is 8.88. The maximum atomic E-state index is 5.97. The van der Waals surface area contributed by atoms with Crippen LogP contribution in [0, 0.1) is 5.92 Å². The Hall–Kier alpha value is -0.160. The van der Waals surface area contributed by atoms with Crippen molar-refractivity contribution in [3.05, 3.63) is 0 Å². The minimum absolute atomic E-state index is 0.279. The van der Waals surface area contributed by atoms with E-state index in [0.717, 1.165) is 38.4 Å². The smallest absolute Gasteiger partial charge is 0.170 e. The number of ether oxygens (including phenoxy) is 2. The normalized spacial score (nSPS) is 33.9. The molecule has 1 spiro atoms. The molecule has 1 aliphatic heterocycles. The first kappa shape index (κ1) is 15.7. The lowest BCUT2D eigenvalue weighted by Gasteiger charge is -2.45. The van der Waals surface area contributed by atoms with E-state index in [4.69, 9.17) is 9.47 Å². The SMILES string of the molecule is CNC1CCC2(CC1N(C)CC1CCCCC1)OCCO2. The van der Waals surface area contributed by atoms with Crippen LogP contribution in [0.25, 0.3) is 0 Å². The van der Waals surface area contributed by atoms with E-state index in [-0.39, 0.29) is 5.79 Å². The third kappa shape index (κ3) is 3.61. The Morgan fingerprint density at radius 2 is 1.81 bits per heavy atom. The first-order valence-corrected chi connectivity index (χ1v) is 8.88. The zero-order chi connectivity index (χ0) is 14.7. The summed E-state index contributed by atoms with van der Waals surface area (Å²) in [6.45, 7) is 2.77. The molecule has 1 saturated heterocycles. The number of hydrogen-bond donors (Lipinski definition) is 1. The molecular formula is C17H32N2O2. The average Bonchev–Trinajstić information content (AvgIpc) is 2.96. The van der Waals surface area contributed by atoms with Gasteiger partial charge in [0.25, 0.3) is 0 Å². The molecule has 0 radical (unpaired) electrons. The second-order valence-electron chi connectivity index (χ2n) is 7.26. The molecule has 4 heteroatoms. The van der Waals surface area contributed by atoms with Gasteiger partial charge in [0.2, 0.25) is 0 Å². The highest BCUT2D eigenvalue weighted by atomic mass is 16.7. The first-order chi connectivity index (χ1) is 10.2. The summed E-state index contributed by atoms with van der Waals surface area (Å²) in [6.07, 6.45) is 10.3. The van der Waals surface area contributed by atoms with Gasteiger partial charge in [-0.1, -0.05) is 19.3 Å². The maximum absolute atomic E-state index is 5.97. The van der Waals surface area contributed by atoms with Crippen molar-refractivity contribution in [2.24, 2.45) is 5.92 Å². The Balaban J connectivity index is 1.61. The summed E-state index contributed by atoms with van der Waals surface area (Å²) in [4.78, 5) is 2.59. The van der Waals surface area contributed by atoms with Crippen molar-refractivity contribution in [3.63, 3.8) is 0 Å². The highest BCUT2D eigenvalue weighted by molar-refractivity contribution is 4.95. The average molecular weight is 296 g/mol. The van der Waals surface area contributed by atoms with Crippen LogP contribution in [0.4, 0.5) is 0 Å². The monoisotopic (exact) mass is 296 g/mol. The summed E-state index contributed by atoms with van der Waals surface area (Å²) in [5.41, 5.74) is 0. The van der Waals surface area contributed by atoms with Crippen molar-refractivity contribution >= 4 is 0 Å². The number of nitrogens with zero attached hydrogens (tertiary/aromatic N) is 1. The summed E-state index contributed by atoms with van der Waals surface area (Å²) in [6, 6.07) is 1.10. The van der Waals surface area contributed by atoms with E-state index in [9.17, 15) is 0 Å². The van der Waals surface area contributed by atoms with Crippen molar-refractivity contribution in [1.82, 2.24) is 10.2 Å². The van der Waals surface area contributed by atoms with Gasteiger partial charge >= 0.3 is 0 Å². The van der Waals surface area contributed by atoms with Crippen molar-refractivity contribution in [3.8, 4) is 0 Å². The maximum Gasteiger partial charge on any atom is 0.170 e. The predicted octanol–water partition coefficient (Wildman–Crippen LogP) is 2.38.